The van der Waals surface area contributed by atoms with E-state index in [1.807, 2.05) is 66.7 Å². The molecule has 0 fully saturated rings. The monoisotopic (exact) mass is 564 g/mol. The third-order valence-corrected chi connectivity index (χ3v) is 7.37. The summed E-state index contributed by atoms with van der Waals surface area (Å²) in [5.41, 5.74) is 6.07. The zero-order chi connectivity index (χ0) is 29.5. The molecule has 0 aliphatic heterocycles. The summed E-state index contributed by atoms with van der Waals surface area (Å²) in [6.07, 6.45) is -1.43. The van der Waals surface area contributed by atoms with Gasteiger partial charge in [0, 0.05) is 12.5 Å². The molecule has 4 aromatic carbocycles. The molecule has 214 valence electrons. The van der Waals surface area contributed by atoms with Crippen LogP contribution in [0.1, 0.15) is 45.5 Å². The summed E-state index contributed by atoms with van der Waals surface area (Å²) in [4.78, 5) is 37.7. The Morgan fingerprint density at radius 3 is 2.10 bits per heavy atom. The second kappa shape index (κ2) is 13.1. The first kappa shape index (κ1) is 28.6. The molecule has 2 amide bonds. The van der Waals surface area contributed by atoms with Crippen LogP contribution in [-0.4, -0.2) is 41.8 Å². The van der Waals surface area contributed by atoms with Gasteiger partial charge < -0.3 is 25.2 Å². The van der Waals surface area contributed by atoms with Crippen molar-refractivity contribution in [3.05, 3.63) is 131 Å². The summed E-state index contributed by atoms with van der Waals surface area (Å²) in [5, 5.41) is 14.8. The topological polar surface area (TPSA) is 114 Å². The zero-order valence-corrected chi connectivity index (χ0v) is 23.2. The lowest BCUT2D eigenvalue weighted by atomic mass is 9.98. The third-order valence-electron chi connectivity index (χ3n) is 7.37. The van der Waals surface area contributed by atoms with E-state index in [4.69, 9.17) is 9.47 Å². The molecule has 0 aromatic heterocycles. The smallest absolute Gasteiger partial charge is 0.407 e. The van der Waals surface area contributed by atoms with Crippen LogP contribution < -0.4 is 10.6 Å². The molecular formula is C34H32N2O6. The molecule has 42 heavy (non-hydrogen) atoms. The predicted molar refractivity (Wildman–Crippen MR) is 158 cm³/mol. The maximum absolute atomic E-state index is 13.3. The van der Waals surface area contributed by atoms with E-state index in [0.29, 0.717) is 5.56 Å². The molecule has 2 unspecified atom stereocenters. The normalized spacial score (nSPS) is 13.4. The quantitative estimate of drug-likeness (QED) is 0.221. The number of rotatable bonds is 11. The van der Waals surface area contributed by atoms with Crippen molar-refractivity contribution in [2.24, 2.45) is 0 Å². The first-order chi connectivity index (χ1) is 20.4. The van der Waals surface area contributed by atoms with Gasteiger partial charge >= 0.3 is 12.1 Å². The number of carbonyl (C=O) groups is 3. The Kier molecular flexibility index (Phi) is 8.94. The van der Waals surface area contributed by atoms with Gasteiger partial charge in [-0.2, -0.15) is 0 Å². The maximum Gasteiger partial charge on any atom is 0.407 e. The van der Waals surface area contributed by atoms with E-state index in [1.165, 1.54) is 12.1 Å². The number of hydrogen-bond acceptors (Lipinski definition) is 5. The van der Waals surface area contributed by atoms with E-state index < -0.39 is 30.1 Å². The Morgan fingerprint density at radius 2 is 1.43 bits per heavy atom. The van der Waals surface area contributed by atoms with Crippen molar-refractivity contribution in [2.75, 3.05) is 6.61 Å². The van der Waals surface area contributed by atoms with Crippen molar-refractivity contribution in [3.63, 3.8) is 0 Å². The van der Waals surface area contributed by atoms with E-state index >= 15 is 0 Å². The van der Waals surface area contributed by atoms with Crippen LogP contribution in [0.2, 0.25) is 0 Å². The number of fused-ring (bicyclic) bond motifs is 3. The number of benzene rings is 4. The second-order valence-electron chi connectivity index (χ2n) is 10.2. The highest BCUT2D eigenvalue weighted by Gasteiger charge is 2.31. The highest BCUT2D eigenvalue weighted by atomic mass is 16.5. The van der Waals surface area contributed by atoms with E-state index in [2.05, 4.69) is 22.8 Å². The molecule has 8 heteroatoms. The van der Waals surface area contributed by atoms with Crippen LogP contribution in [0.15, 0.2) is 103 Å². The fourth-order valence-corrected chi connectivity index (χ4v) is 5.17. The van der Waals surface area contributed by atoms with E-state index in [9.17, 15) is 19.5 Å². The molecule has 0 spiro atoms. The van der Waals surface area contributed by atoms with Gasteiger partial charge in [-0.3, -0.25) is 4.79 Å². The number of amides is 2. The van der Waals surface area contributed by atoms with Crippen LogP contribution in [0.5, 0.6) is 0 Å². The number of ether oxygens (including phenoxy) is 2. The Labute approximate surface area is 244 Å². The number of aromatic carboxylic acids is 1. The summed E-state index contributed by atoms with van der Waals surface area (Å²) in [5.74, 6) is -1.66. The summed E-state index contributed by atoms with van der Waals surface area (Å²) >= 11 is 0. The van der Waals surface area contributed by atoms with E-state index in [-0.39, 0.29) is 31.2 Å². The number of nitrogens with one attached hydrogen (secondary N) is 2. The van der Waals surface area contributed by atoms with Crippen LogP contribution in [0.25, 0.3) is 11.1 Å². The standard InChI is InChI=1S/C34H32N2O6/c1-22(41-20-23-10-3-2-4-11-23)31(32(37)35-19-24-12-9-13-25(18-24)33(38)39)36-34(40)42-21-30-28-16-7-5-14-26(28)27-15-6-8-17-29(27)30/h2-18,22,30-31H,19-21H2,1H3,(H,35,37)(H,36,40)(H,38,39). The van der Waals surface area contributed by atoms with Gasteiger partial charge in [-0.05, 0) is 52.4 Å². The SMILES string of the molecule is CC(OCc1ccccc1)C(NC(=O)OCC1c2ccccc2-c2ccccc21)C(=O)NCc1cccc(C(=O)O)c1. The minimum absolute atomic E-state index is 0.0776. The van der Waals surface area contributed by atoms with Gasteiger partial charge in [0.25, 0.3) is 0 Å². The fraction of sp³-hybridized carbons (Fsp3) is 0.206. The van der Waals surface area contributed by atoms with Gasteiger partial charge in [0.15, 0.2) is 0 Å². The van der Waals surface area contributed by atoms with Crippen molar-refractivity contribution >= 4 is 18.0 Å². The summed E-state index contributed by atoms with van der Waals surface area (Å²) in [6.45, 7) is 2.14. The van der Waals surface area contributed by atoms with Crippen LogP contribution in [0.3, 0.4) is 0 Å². The van der Waals surface area contributed by atoms with Crippen LogP contribution in [0, 0.1) is 0 Å². The fourth-order valence-electron chi connectivity index (χ4n) is 5.17. The molecule has 0 bridgehead atoms. The molecule has 0 radical (unpaired) electrons. The number of carbonyl (C=O) groups excluding carboxylic acids is 2. The first-order valence-electron chi connectivity index (χ1n) is 13.8. The van der Waals surface area contributed by atoms with Crippen molar-refractivity contribution < 1.29 is 29.0 Å². The molecule has 0 saturated heterocycles. The molecular weight excluding hydrogens is 532 g/mol. The number of carboxylic acid groups (broad SMARTS) is 1. The first-order valence-corrected chi connectivity index (χ1v) is 13.8. The number of hydrogen-bond donors (Lipinski definition) is 3. The molecule has 3 N–H and O–H groups in total. The van der Waals surface area contributed by atoms with Crippen LogP contribution >= 0.6 is 0 Å². The van der Waals surface area contributed by atoms with Gasteiger partial charge in [0.2, 0.25) is 5.91 Å². The Balaban J connectivity index is 1.26. The number of alkyl carbamates (subject to hydrolysis) is 1. The Bertz CT molecular complexity index is 1530. The highest BCUT2D eigenvalue weighted by Crippen LogP contribution is 2.44. The van der Waals surface area contributed by atoms with Gasteiger partial charge in [-0.15, -0.1) is 0 Å². The summed E-state index contributed by atoms with van der Waals surface area (Å²) in [7, 11) is 0. The zero-order valence-electron chi connectivity index (χ0n) is 23.2. The summed E-state index contributed by atoms with van der Waals surface area (Å²) in [6, 6.07) is 30.9. The van der Waals surface area contributed by atoms with Gasteiger partial charge in [-0.25, -0.2) is 9.59 Å². The average molecular weight is 565 g/mol. The molecule has 0 heterocycles. The van der Waals surface area contributed by atoms with E-state index in [0.717, 1.165) is 27.8 Å². The molecule has 1 aliphatic rings. The number of carboxylic acids is 1. The molecule has 4 aromatic rings. The molecule has 0 saturated carbocycles. The van der Waals surface area contributed by atoms with Crippen LogP contribution in [0.4, 0.5) is 4.79 Å². The third kappa shape index (κ3) is 6.67. The molecule has 5 rings (SSSR count). The average Bonchev–Trinajstić information content (AvgIpc) is 3.34. The molecule has 8 nitrogen and oxygen atoms in total. The van der Waals surface area contributed by atoms with Crippen molar-refractivity contribution in [1.29, 1.82) is 0 Å². The highest BCUT2D eigenvalue weighted by molar-refractivity contribution is 5.88. The minimum atomic E-state index is -1.06. The Hall–Kier alpha value is -4.95. The van der Waals surface area contributed by atoms with Crippen molar-refractivity contribution in [1.82, 2.24) is 10.6 Å². The van der Waals surface area contributed by atoms with Crippen LogP contribution in [-0.2, 0) is 27.4 Å². The second-order valence-corrected chi connectivity index (χ2v) is 10.2. The molecule has 2 atom stereocenters. The largest absolute Gasteiger partial charge is 0.478 e. The molecule has 1 aliphatic carbocycles. The maximum atomic E-state index is 13.3. The lowest BCUT2D eigenvalue weighted by molar-refractivity contribution is -0.127. The van der Waals surface area contributed by atoms with Crippen molar-refractivity contribution in [3.8, 4) is 11.1 Å². The van der Waals surface area contributed by atoms with Gasteiger partial charge in [0.05, 0.1) is 18.3 Å². The minimum Gasteiger partial charge on any atom is -0.478 e. The summed E-state index contributed by atoms with van der Waals surface area (Å²) < 4.78 is 11.7. The van der Waals surface area contributed by atoms with E-state index in [1.54, 1.807) is 19.1 Å². The predicted octanol–water partition coefficient (Wildman–Crippen LogP) is 5.51. The lowest BCUT2D eigenvalue weighted by Gasteiger charge is -2.25. The lowest BCUT2D eigenvalue weighted by Crippen LogP contribution is -2.53. The van der Waals surface area contributed by atoms with Gasteiger partial charge in [0.1, 0.15) is 12.6 Å². The Morgan fingerprint density at radius 1 is 0.810 bits per heavy atom. The van der Waals surface area contributed by atoms with Crippen molar-refractivity contribution in [2.45, 2.75) is 38.1 Å². The van der Waals surface area contributed by atoms with Gasteiger partial charge in [-0.1, -0.05) is 91.0 Å².